The maximum absolute atomic E-state index is 12.8. The summed E-state index contributed by atoms with van der Waals surface area (Å²) in [4.78, 5) is 24.1. The molecule has 0 fully saturated rings. The van der Waals surface area contributed by atoms with Gasteiger partial charge in [-0.3, -0.25) is 9.59 Å². The van der Waals surface area contributed by atoms with Gasteiger partial charge in [0.1, 0.15) is 0 Å². The summed E-state index contributed by atoms with van der Waals surface area (Å²) < 4.78 is 38.3. The molecule has 1 atom stereocenters. The summed E-state index contributed by atoms with van der Waals surface area (Å²) >= 11 is 0. The van der Waals surface area contributed by atoms with Gasteiger partial charge in [-0.15, -0.1) is 12.4 Å². The Kier molecular flexibility index (Phi) is 8.46. The molecular weight excluding hydrogens is 395 g/mol. The van der Waals surface area contributed by atoms with Gasteiger partial charge in [-0.05, 0) is 49.7 Å². The van der Waals surface area contributed by atoms with Gasteiger partial charge in [0.25, 0.3) is 5.91 Å². The first-order valence-corrected chi connectivity index (χ1v) is 8.29. The molecule has 0 saturated carbocycles. The van der Waals surface area contributed by atoms with E-state index in [-0.39, 0.29) is 36.3 Å². The van der Waals surface area contributed by atoms with Crippen LogP contribution in [0.5, 0.6) is 0 Å². The van der Waals surface area contributed by atoms with Gasteiger partial charge in [0.05, 0.1) is 5.56 Å². The maximum Gasteiger partial charge on any atom is 0.416 e. The minimum Gasteiger partial charge on any atom is -0.328 e. The molecule has 0 aliphatic rings. The maximum atomic E-state index is 12.8. The number of hydrogen-bond acceptors (Lipinski definition) is 3. The Balaban J connectivity index is 0.00000392. The molecule has 0 aromatic heterocycles. The summed E-state index contributed by atoms with van der Waals surface area (Å²) in [6.45, 7) is 1.80. The Labute approximate surface area is 166 Å². The largest absolute Gasteiger partial charge is 0.416 e. The van der Waals surface area contributed by atoms with Gasteiger partial charge in [0.15, 0.2) is 0 Å². The second kappa shape index (κ2) is 10.1. The molecule has 2 rings (SSSR count). The Bertz CT molecular complexity index is 826. The van der Waals surface area contributed by atoms with E-state index in [0.29, 0.717) is 17.8 Å². The highest BCUT2D eigenvalue weighted by Gasteiger charge is 2.30. The number of nitrogens with one attached hydrogen (secondary N) is 2. The molecule has 152 valence electrons. The Morgan fingerprint density at radius 1 is 1.04 bits per heavy atom. The molecule has 0 bridgehead atoms. The molecule has 1 unspecified atom stereocenters. The molecule has 0 spiro atoms. The van der Waals surface area contributed by atoms with Gasteiger partial charge in [0.2, 0.25) is 5.91 Å². The van der Waals surface area contributed by atoms with Crippen molar-refractivity contribution in [2.45, 2.75) is 32.0 Å². The lowest BCUT2D eigenvalue weighted by molar-refractivity contribution is -0.137. The van der Waals surface area contributed by atoms with Crippen LogP contribution in [0.25, 0.3) is 0 Å². The summed E-state index contributed by atoms with van der Waals surface area (Å²) in [6.07, 6.45) is -3.72. The van der Waals surface area contributed by atoms with Crippen molar-refractivity contribution in [3.8, 4) is 0 Å². The SMILES string of the molecule is CC(N)CCC(=O)Nc1cccc(NC(=O)c2cccc(C(F)(F)F)c2)c1.Cl. The average Bonchev–Trinajstić information content (AvgIpc) is 2.59. The molecule has 0 radical (unpaired) electrons. The van der Waals surface area contributed by atoms with E-state index in [1.54, 1.807) is 25.1 Å². The van der Waals surface area contributed by atoms with Crippen LogP contribution in [0, 0.1) is 0 Å². The highest BCUT2D eigenvalue weighted by Crippen LogP contribution is 2.29. The van der Waals surface area contributed by atoms with Crippen LogP contribution in [0.15, 0.2) is 48.5 Å². The zero-order valence-corrected chi connectivity index (χ0v) is 15.9. The highest BCUT2D eigenvalue weighted by atomic mass is 35.5. The fraction of sp³-hybridized carbons (Fsp3) is 0.263. The van der Waals surface area contributed by atoms with E-state index in [4.69, 9.17) is 5.73 Å². The molecule has 28 heavy (non-hydrogen) atoms. The summed E-state index contributed by atoms with van der Waals surface area (Å²) in [5.41, 5.74) is 5.41. The average molecular weight is 416 g/mol. The number of carbonyl (C=O) groups is 2. The lowest BCUT2D eigenvalue weighted by Crippen LogP contribution is -2.19. The van der Waals surface area contributed by atoms with Crippen molar-refractivity contribution in [3.05, 3.63) is 59.7 Å². The molecule has 9 heteroatoms. The zero-order chi connectivity index (χ0) is 20.0. The first-order chi connectivity index (χ1) is 12.6. The number of amides is 2. The lowest BCUT2D eigenvalue weighted by Gasteiger charge is -2.11. The fourth-order valence-electron chi connectivity index (χ4n) is 2.30. The van der Waals surface area contributed by atoms with Gasteiger partial charge in [-0.1, -0.05) is 12.1 Å². The number of halogens is 4. The molecule has 2 amide bonds. The van der Waals surface area contributed by atoms with Gasteiger partial charge >= 0.3 is 6.18 Å². The van der Waals surface area contributed by atoms with Gasteiger partial charge < -0.3 is 16.4 Å². The van der Waals surface area contributed by atoms with E-state index in [2.05, 4.69) is 10.6 Å². The number of rotatable bonds is 6. The minimum absolute atomic E-state index is 0. The van der Waals surface area contributed by atoms with Gasteiger partial charge in [0, 0.05) is 29.4 Å². The van der Waals surface area contributed by atoms with Crippen LogP contribution in [0.2, 0.25) is 0 Å². The van der Waals surface area contributed by atoms with Crippen molar-refractivity contribution >= 4 is 35.6 Å². The number of alkyl halides is 3. The lowest BCUT2D eigenvalue weighted by atomic mass is 10.1. The molecule has 2 aromatic carbocycles. The van der Waals surface area contributed by atoms with E-state index in [1.165, 1.54) is 18.2 Å². The van der Waals surface area contributed by atoms with Crippen molar-refractivity contribution in [1.29, 1.82) is 0 Å². The summed E-state index contributed by atoms with van der Waals surface area (Å²) in [7, 11) is 0. The van der Waals surface area contributed by atoms with E-state index in [1.807, 2.05) is 0 Å². The van der Waals surface area contributed by atoms with E-state index >= 15 is 0 Å². The Hall–Kier alpha value is -2.58. The predicted molar refractivity (Wildman–Crippen MR) is 105 cm³/mol. The Morgan fingerprint density at radius 2 is 1.64 bits per heavy atom. The zero-order valence-electron chi connectivity index (χ0n) is 15.0. The van der Waals surface area contributed by atoms with Gasteiger partial charge in [-0.2, -0.15) is 13.2 Å². The highest BCUT2D eigenvalue weighted by molar-refractivity contribution is 6.04. The number of hydrogen-bond donors (Lipinski definition) is 3. The van der Waals surface area contributed by atoms with Crippen molar-refractivity contribution < 1.29 is 22.8 Å². The molecule has 2 aromatic rings. The first-order valence-electron chi connectivity index (χ1n) is 8.29. The number of benzene rings is 2. The number of anilines is 2. The quantitative estimate of drug-likeness (QED) is 0.651. The second-order valence-corrected chi connectivity index (χ2v) is 6.18. The molecule has 0 aliphatic heterocycles. The van der Waals surface area contributed by atoms with Crippen LogP contribution in [-0.2, 0) is 11.0 Å². The first kappa shape index (κ1) is 23.5. The van der Waals surface area contributed by atoms with E-state index in [0.717, 1.165) is 12.1 Å². The minimum atomic E-state index is -4.53. The standard InChI is InChI=1S/C19H20F3N3O2.ClH/c1-12(23)8-9-17(26)24-15-6-3-7-16(11-15)25-18(27)13-4-2-5-14(10-13)19(20,21)22;/h2-7,10-12H,8-9,23H2,1H3,(H,24,26)(H,25,27);1H. The van der Waals surface area contributed by atoms with Crippen LogP contribution in [0.3, 0.4) is 0 Å². The van der Waals surface area contributed by atoms with Gasteiger partial charge in [-0.25, -0.2) is 0 Å². The molecule has 0 heterocycles. The second-order valence-electron chi connectivity index (χ2n) is 6.18. The summed E-state index contributed by atoms with van der Waals surface area (Å²) in [5, 5.41) is 5.21. The normalized spacial score (nSPS) is 11.9. The van der Waals surface area contributed by atoms with Crippen LogP contribution in [-0.4, -0.2) is 17.9 Å². The molecule has 4 N–H and O–H groups in total. The van der Waals surface area contributed by atoms with Crippen molar-refractivity contribution in [1.82, 2.24) is 0 Å². The van der Waals surface area contributed by atoms with Crippen molar-refractivity contribution in [2.75, 3.05) is 10.6 Å². The van der Waals surface area contributed by atoms with Crippen LogP contribution < -0.4 is 16.4 Å². The molecular formula is C19H21ClF3N3O2. The van der Waals surface area contributed by atoms with Crippen LogP contribution >= 0.6 is 12.4 Å². The van der Waals surface area contributed by atoms with Crippen LogP contribution in [0.1, 0.15) is 35.7 Å². The number of carbonyl (C=O) groups excluding carboxylic acids is 2. The molecule has 5 nitrogen and oxygen atoms in total. The fourth-order valence-corrected chi connectivity index (χ4v) is 2.30. The third-order valence-electron chi connectivity index (χ3n) is 3.68. The third kappa shape index (κ3) is 7.21. The van der Waals surface area contributed by atoms with Crippen molar-refractivity contribution in [2.24, 2.45) is 5.73 Å². The Morgan fingerprint density at radius 3 is 2.25 bits per heavy atom. The van der Waals surface area contributed by atoms with Crippen molar-refractivity contribution in [3.63, 3.8) is 0 Å². The molecule has 0 saturated heterocycles. The van der Waals surface area contributed by atoms with E-state index in [9.17, 15) is 22.8 Å². The third-order valence-corrected chi connectivity index (χ3v) is 3.68. The summed E-state index contributed by atoms with van der Waals surface area (Å²) in [5.74, 6) is -0.893. The van der Waals surface area contributed by atoms with E-state index < -0.39 is 17.6 Å². The summed E-state index contributed by atoms with van der Waals surface area (Å²) in [6, 6.07) is 10.4. The predicted octanol–water partition coefficient (Wildman–Crippen LogP) is 4.45. The smallest absolute Gasteiger partial charge is 0.328 e. The number of nitrogens with two attached hydrogens (primary N) is 1. The monoisotopic (exact) mass is 415 g/mol. The van der Waals surface area contributed by atoms with Crippen LogP contribution in [0.4, 0.5) is 24.5 Å². The topological polar surface area (TPSA) is 84.2 Å². The molecule has 0 aliphatic carbocycles.